The third-order valence-corrected chi connectivity index (χ3v) is 4.27. The van der Waals surface area contributed by atoms with Gasteiger partial charge in [-0.05, 0) is 41.5 Å². The van der Waals surface area contributed by atoms with Crippen molar-refractivity contribution in [2.24, 2.45) is 0 Å². The second-order valence-corrected chi connectivity index (χ2v) is 6.10. The first-order valence-corrected chi connectivity index (χ1v) is 8.59. The van der Waals surface area contributed by atoms with Gasteiger partial charge in [-0.3, -0.25) is 4.79 Å². The average Bonchev–Trinajstić information content (AvgIpc) is 2.74. The van der Waals surface area contributed by atoms with Gasteiger partial charge in [0.05, 0.1) is 38.6 Å². The Morgan fingerprint density at radius 1 is 1.07 bits per heavy atom. The lowest BCUT2D eigenvalue weighted by Crippen LogP contribution is -2.23. The Morgan fingerprint density at radius 3 is 2.61 bits per heavy atom. The molecule has 0 aliphatic heterocycles. The van der Waals surface area contributed by atoms with Crippen LogP contribution in [0.2, 0.25) is 0 Å². The lowest BCUT2D eigenvalue weighted by atomic mass is 10.1. The Bertz CT molecular complexity index is 1060. The van der Waals surface area contributed by atoms with Crippen LogP contribution in [0.5, 0.6) is 5.75 Å². The number of benzene rings is 2. The van der Waals surface area contributed by atoms with Crippen LogP contribution < -0.4 is 10.3 Å². The van der Waals surface area contributed by atoms with E-state index in [2.05, 4.69) is 5.10 Å². The Hall–Kier alpha value is -3.45. The van der Waals surface area contributed by atoms with Crippen LogP contribution in [0.25, 0.3) is 11.3 Å². The van der Waals surface area contributed by atoms with Gasteiger partial charge in [-0.25, -0.2) is 9.48 Å². The van der Waals surface area contributed by atoms with E-state index in [-0.39, 0.29) is 18.7 Å². The number of hydrogen-bond donors (Lipinski definition) is 1. The molecule has 0 spiro atoms. The molecule has 0 aliphatic rings. The van der Waals surface area contributed by atoms with Gasteiger partial charge < -0.3 is 14.6 Å². The first-order valence-electron chi connectivity index (χ1n) is 8.59. The van der Waals surface area contributed by atoms with Crippen LogP contribution in [0.4, 0.5) is 0 Å². The van der Waals surface area contributed by atoms with Crippen molar-refractivity contribution in [3.05, 3.63) is 81.6 Å². The summed E-state index contributed by atoms with van der Waals surface area (Å²) in [5, 5.41) is 13.8. The first kappa shape index (κ1) is 19.3. The second-order valence-electron chi connectivity index (χ2n) is 6.10. The summed E-state index contributed by atoms with van der Waals surface area (Å²) in [5.74, 6) is 0.143. The minimum absolute atomic E-state index is 0.114. The summed E-state index contributed by atoms with van der Waals surface area (Å²) in [7, 11) is 2.87. The Morgan fingerprint density at radius 2 is 1.89 bits per heavy atom. The summed E-state index contributed by atoms with van der Waals surface area (Å²) in [6.45, 7) is 0.0798. The van der Waals surface area contributed by atoms with E-state index in [0.29, 0.717) is 28.1 Å². The maximum Gasteiger partial charge on any atom is 0.337 e. The van der Waals surface area contributed by atoms with E-state index in [1.54, 1.807) is 55.6 Å². The van der Waals surface area contributed by atoms with E-state index in [1.807, 2.05) is 0 Å². The van der Waals surface area contributed by atoms with E-state index in [4.69, 9.17) is 9.47 Å². The molecule has 3 aromatic rings. The van der Waals surface area contributed by atoms with E-state index in [9.17, 15) is 14.7 Å². The van der Waals surface area contributed by atoms with Crippen LogP contribution in [0.1, 0.15) is 21.5 Å². The number of carbonyl (C=O) groups is 1. The summed E-state index contributed by atoms with van der Waals surface area (Å²) in [5.41, 5.74) is 2.79. The van der Waals surface area contributed by atoms with Crippen molar-refractivity contribution in [2.45, 2.75) is 13.2 Å². The number of methoxy groups -OCH3 is 2. The highest BCUT2D eigenvalue weighted by Crippen LogP contribution is 2.29. The van der Waals surface area contributed by atoms with Crippen LogP contribution in [-0.4, -0.2) is 35.1 Å². The Labute approximate surface area is 161 Å². The number of rotatable bonds is 6. The fourth-order valence-corrected chi connectivity index (χ4v) is 2.85. The molecular formula is C21H20N2O5. The van der Waals surface area contributed by atoms with E-state index in [0.717, 1.165) is 5.56 Å². The molecule has 7 nitrogen and oxygen atoms in total. The first-order chi connectivity index (χ1) is 13.5. The number of esters is 1. The molecule has 2 aromatic carbocycles. The zero-order valence-electron chi connectivity index (χ0n) is 15.6. The largest absolute Gasteiger partial charge is 0.496 e. The van der Waals surface area contributed by atoms with Crippen LogP contribution >= 0.6 is 0 Å². The molecule has 0 bridgehead atoms. The number of aliphatic hydroxyl groups is 1. The van der Waals surface area contributed by atoms with Crippen molar-refractivity contribution in [1.82, 2.24) is 9.78 Å². The Balaban J connectivity index is 2.00. The standard InChI is InChI=1S/C21H20N2O5/c1-27-19-8-6-15(13-24)11-17(19)18-7-9-20(25)23(22-18)12-14-4-3-5-16(10-14)21(26)28-2/h3-11,24H,12-13H2,1-2H3. The number of carbonyl (C=O) groups excluding carboxylic acids is 1. The van der Waals surface area contributed by atoms with Gasteiger partial charge in [0.2, 0.25) is 0 Å². The van der Waals surface area contributed by atoms with Gasteiger partial charge in [-0.2, -0.15) is 5.10 Å². The third-order valence-electron chi connectivity index (χ3n) is 4.27. The van der Waals surface area contributed by atoms with Gasteiger partial charge in [0.1, 0.15) is 5.75 Å². The molecule has 1 N–H and O–H groups in total. The molecule has 0 unspecified atom stereocenters. The van der Waals surface area contributed by atoms with Crippen molar-refractivity contribution in [3.63, 3.8) is 0 Å². The second kappa shape index (κ2) is 8.49. The van der Waals surface area contributed by atoms with Gasteiger partial charge in [-0.15, -0.1) is 0 Å². The van der Waals surface area contributed by atoms with E-state index in [1.165, 1.54) is 17.9 Å². The third kappa shape index (κ3) is 4.10. The maximum atomic E-state index is 12.3. The number of aromatic nitrogens is 2. The summed E-state index contributed by atoms with van der Waals surface area (Å²) in [6.07, 6.45) is 0. The predicted molar refractivity (Wildman–Crippen MR) is 103 cm³/mol. The molecule has 0 radical (unpaired) electrons. The smallest absolute Gasteiger partial charge is 0.337 e. The molecule has 7 heteroatoms. The summed E-state index contributed by atoms with van der Waals surface area (Å²) < 4.78 is 11.4. The molecule has 3 rings (SSSR count). The van der Waals surface area contributed by atoms with E-state index >= 15 is 0 Å². The normalized spacial score (nSPS) is 10.5. The van der Waals surface area contributed by atoms with Crippen LogP contribution in [0, 0.1) is 0 Å². The average molecular weight is 380 g/mol. The molecule has 0 amide bonds. The van der Waals surface area contributed by atoms with E-state index < -0.39 is 5.97 Å². The fraction of sp³-hybridized carbons (Fsp3) is 0.190. The summed E-state index contributed by atoms with van der Waals surface area (Å²) in [6, 6.07) is 15.2. The number of nitrogens with zero attached hydrogens (tertiary/aromatic N) is 2. The summed E-state index contributed by atoms with van der Waals surface area (Å²) >= 11 is 0. The van der Waals surface area contributed by atoms with Gasteiger partial charge in [0, 0.05) is 11.6 Å². The molecule has 0 saturated heterocycles. The van der Waals surface area contributed by atoms with Crippen LogP contribution in [0.3, 0.4) is 0 Å². The number of aliphatic hydroxyl groups excluding tert-OH is 1. The quantitative estimate of drug-likeness (QED) is 0.660. The van der Waals surface area contributed by atoms with Gasteiger partial charge >= 0.3 is 5.97 Å². The van der Waals surface area contributed by atoms with Gasteiger partial charge in [0.25, 0.3) is 5.56 Å². The van der Waals surface area contributed by atoms with Crippen molar-refractivity contribution >= 4 is 5.97 Å². The molecule has 0 atom stereocenters. The monoisotopic (exact) mass is 380 g/mol. The summed E-state index contributed by atoms with van der Waals surface area (Å²) in [4.78, 5) is 24.0. The van der Waals surface area contributed by atoms with Crippen LogP contribution in [-0.2, 0) is 17.9 Å². The lowest BCUT2D eigenvalue weighted by Gasteiger charge is -2.12. The topological polar surface area (TPSA) is 90.7 Å². The van der Waals surface area contributed by atoms with Crippen molar-refractivity contribution in [3.8, 4) is 17.0 Å². The zero-order chi connectivity index (χ0) is 20.1. The highest BCUT2D eigenvalue weighted by atomic mass is 16.5. The molecule has 28 heavy (non-hydrogen) atoms. The molecule has 1 aromatic heterocycles. The van der Waals surface area contributed by atoms with Crippen molar-refractivity contribution in [2.75, 3.05) is 14.2 Å². The Kier molecular flexibility index (Phi) is 5.86. The molecule has 0 saturated carbocycles. The molecule has 0 aliphatic carbocycles. The molecule has 0 fully saturated rings. The van der Waals surface area contributed by atoms with Gasteiger partial charge in [-0.1, -0.05) is 18.2 Å². The van der Waals surface area contributed by atoms with Gasteiger partial charge in [0.15, 0.2) is 0 Å². The molecule has 1 heterocycles. The molecule has 144 valence electrons. The highest BCUT2D eigenvalue weighted by molar-refractivity contribution is 5.89. The minimum atomic E-state index is -0.443. The van der Waals surface area contributed by atoms with Crippen molar-refractivity contribution in [1.29, 1.82) is 0 Å². The minimum Gasteiger partial charge on any atom is -0.496 e. The SMILES string of the molecule is COC(=O)c1cccc(Cn2nc(-c3cc(CO)ccc3OC)ccc2=O)c1. The van der Waals surface area contributed by atoms with Crippen molar-refractivity contribution < 1.29 is 19.4 Å². The highest BCUT2D eigenvalue weighted by Gasteiger charge is 2.12. The molecular weight excluding hydrogens is 360 g/mol. The lowest BCUT2D eigenvalue weighted by molar-refractivity contribution is 0.0600. The zero-order valence-corrected chi connectivity index (χ0v) is 15.6. The van der Waals surface area contributed by atoms with Crippen LogP contribution in [0.15, 0.2) is 59.4 Å². The predicted octanol–water partition coefficient (Wildman–Crippen LogP) is 2.25. The number of ether oxygens (including phenoxy) is 2. The fourth-order valence-electron chi connectivity index (χ4n) is 2.85. The number of hydrogen-bond acceptors (Lipinski definition) is 6. The maximum absolute atomic E-state index is 12.3.